The highest BCUT2D eigenvalue weighted by Gasteiger charge is 2.27. The van der Waals surface area contributed by atoms with E-state index in [-0.39, 0.29) is 23.4 Å². The van der Waals surface area contributed by atoms with E-state index < -0.39 is 5.82 Å². The van der Waals surface area contributed by atoms with Gasteiger partial charge in [-0.05, 0) is 62.2 Å². The predicted octanol–water partition coefficient (Wildman–Crippen LogP) is 4.72. The standard InChI is InChI=1S/C24H27ClFN3O2S/c1-16-4-2-3-10-28(16)11-9-27-24(31)17-6-8-22-21(12-17)29(23(30)15-32-22)14-18-5-7-19(26)13-20(18)25/h5-8,12-13,16H,2-4,9-11,14-15H2,1H3,(H,27,31). The van der Waals surface area contributed by atoms with E-state index in [0.29, 0.717) is 35.2 Å². The van der Waals surface area contributed by atoms with Crippen molar-refractivity contribution >= 4 is 40.9 Å². The molecule has 0 aliphatic carbocycles. The summed E-state index contributed by atoms with van der Waals surface area (Å²) in [7, 11) is 0. The molecule has 2 aromatic rings. The molecule has 1 saturated heterocycles. The molecule has 0 aromatic heterocycles. The highest BCUT2D eigenvalue weighted by atomic mass is 35.5. The number of fused-ring (bicyclic) bond motifs is 1. The molecule has 0 radical (unpaired) electrons. The van der Waals surface area contributed by atoms with Crippen LogP contribution in [0, 0.1) is 5.82 Å². The lowest BCUT2D eigenvalue weighted by Gasteiger charge is -2.33. The molecule has 5 nitrogen and oxygen atoms in total. The average Bonchev–Trinajstić information content (AvgIpc) is 2.78. The summed E-state index contributed by atoms with van der Waals surface area (Å²) in [4.78, 5) is 30.4. The van der Waals surface area contributed by atoms with Crippen LogP contribution in [0.5, 0.6) is 0 Å². The summed E-state index contributed by atoms with van der Waals surface area (Å²) in [6, 6.07) is 10.2. The topological polar surface area (TPSA) is 52.7 Å². The van der Waals surface area contributed by atoms with Crippen LogP contribution < -0.4 is 10.2 Å². The molecule has 1 fully saturated rings. The number of benzene rings is 2. The van der Waals surface area contributed by atoms with Crippen LogP contribution in [0.4, 0.5) is 10.1 Å². The Morgan fingerprint density at radius 3 is 2.88 bits per heavy atom. The number of nitrogens with zero attached hydrogens (tertiary/aromatic N) is 2. The minimum atomic E-state index is -0.419. The summed E-state index contributed by atoms with van der Waals surface area (Å²) in [6.07, 6.45) is 3.69. The quantitative estimate of drug-likeness (QED) is 0.656. The Kier molecular flexibility index (Phi) is 7.38. The van der Waals surface area contributed by atoms with E-state index in [9.17, 15) is 14.0 Å². The smallest absolute Gasteiger partial charge is 0.251 e. The first-order chi connectivity index (χ1) is 15.4. The van der Waals surface area contributed by atoms with Gasteiger partial charge in [0.15, 0.2) is 0 Å². The molecule has 2 heterocycles. The number of likely N-dealkylation sites (tertiary alicyclic amines) is 1. The zero-order valence-corrected chi connectivity index (χ0v) is 19.6. The number of thioether (sulfide) groups is 1. The number of amides is 2. The molecule has 4 rings (SSSR count). The highest BCUT2D eigenvalue weighted by molar-refractivity contribution is 8.00. The van der Waals surface area contributed by atoms with Crippen molar-refractivity contribution in [1.29, 1.82) is 0 Å². The molecular formula is C24H27ClFN3O2S. The van der Waals surface area contributed by atoms with Crippen molar-refractivity contribution in [3.63, 3.8) is 0 Å². The summed E-state index contributed by atoms with van der Waals surface area (Å²) in [6.45, 7) is 4.96. The van der Waals surface area contributed by atoms with Crippen LogP contribution in [0.15, 0.2) is 41.3 Å². The molecule has 8 heteroatoms. The number of rotatable bonds is 6. The van der Waals surface area contributed by atoms with Gasteiger partial charge in [-0.2, -0.15) is 0 Å². The second-order valence-electron chi connectivity index (χ2n) is 8.32. The van der Waals surface area contributed by atoms with E-state index in [0.717, 1.165) is 18.0 Å². The van der Waals surface area contributed by atoms with Crippen LogP contribution in [-0.2, 0) is 11.3 Å². The molecule has 170 valence electrons. The first-order valence-corrected chi connectivity index (χ1v) is 12.3. The number of hydrogen-bond donors (Lipinski definition) is 1. The minimum Gasteiger partial charge on any atom is -0.351 e. The van der Waals surface area contributed by atoms with Crippen LogP contribution in [0.3, 0.4) is 0 Å². The van der Waals surface area contributed by atoms with Gasteiger partial charge in [0.2, 0.25) is 5.91 Å². The Balaban J connectivity index is 1.46. The number of nitrogens with one attached hydrogen (secondary N) is 1. The fraction of sp³-hybridized carbons (Fsp3) is 0.417. The normalized spacial score (nSPS) is 19.0. The third-order valence-corrected chi connectivity index (χ3v) is 7.53. The second kappa shape index (κ2) is 10.2. The van der Waals surface area contributed by atoms with E-state index in [1.807, 2.05) is 6.07 Å². The summed E-state index contributed by atoms with van der Waals surface area (Å²) < 4.78 is 13.4. The Bertz CT molecular complexity index is 1020. The van der Waals surface area contributed by atoms with Crippen LogP contribution in [0.2, 0.25) is 5.02 Å². The molecule has 1 atom stereocenters. The predicted molar refractivity (Wildman–Crippen MR) is 127 cm³/mol. The van der Waals surface area contributed by atoms with Crippen LogP contribution in [-0.4, -0.2) is 48.1 Å². The summed E-state index contributed by atoms with van der Waals surface area (Å²) in [5, 5.41) is 3.29. The highest BCUT2D eigenvalue weighted by Crippen LogP contribution is 2.37. The number of hydrogen-bond acceptors (Lipinski definition) is 4. The van der Waals surface area contributed by atoms with E-state index in [1.54, 1.807) is 23.1 Å². The maximum absolute atomic E-state index is 13.4. The Morgan fingerprint density at radius 2 is 2.09 bits per heavy atom. The van der Waals surface area contributed by atoms with Gasteiger partial charge in [0.1, 0.15) is 5.82 Å². The average molecular weight is 476 g/mol. The van der Waals surface area contributed by atoms with Gasteiger partial charge in [-0.25, -0.2) is 4.39 Å². The monoisotopic (exact) mass is 475 g/mol. The lowest BCUT2D eigenvalue weighted by molar-refractivity contribution is -0.116. The van der Waals surface area contributed by atoms with E-state index in [1.165, 1.54) is 43.2 Å². The van der Waals surface area contributed by atoms with Gasteiger partial charge in [-0.1, -0.05) is 24.1 Å². The SMILES string of the molecule is CC1CCCCN1CCNC(=O)c1ccc2c(c1)N(Cc1ccc(F)cc1Cl)C(=O)CS2. The zero-order chi connectivity index (χ0) is 22.7. The summed E-state index contributed by atoms with van der Waals surface area (Å²) in [5.41, 5.74) is 1.86. The molecule has 32 heavy (non-hydrogen) atoms. The summed E-state index contributed by atoms with van der Waals surface area (Å²) in [5.74, 6) is -0.330. The van der Waals surface area contributed by atoms with Crippen molar-refractivity contribution in [3.05, 3.63) is 58.4 Å². The van der Waals surface area contributed by atoms with Crippen molar-refractivity contribution in [1.82, 2.24) is 10.2 Å². The Labute approximate surface area is 197 Å². The molecule has 1 unspecified atom stereocenters. The largest absolute Gasteiger partial charge is 0.351 e. The molecule has 1 N–H and O–H groups in total. The number of piperidine rings is 1. The lowest BCUT2D eigenvalue weighted by atomic mass is 10.0. The van der Waals surface area contributed by atoms with Gasteiger partial charge in [0.05, 0.1) is 18.0 Å². The fourth-order valence-corrected chi connectivity index (χ4v) is 5.38. The van der Waals surface area contributed by atoms with Crippen LogP contribution in [0.25, 0.3) is 0 Å². The van der Waals surface area contributed by atoms with E-state index in [2.05, 4.69) is 17.1 Å². The Hall–Kier alpha value is -2.09. The fourth-order valence-electron chi connectivity index (χ4n) is 4.24. The van der Waals surface area contributed by atoms with Gasteiger partial charge >= 0.3 is 0 Å². The third-order valence-electron chi connectivity index (χ3n) is 6.13. The third kappa shape index (κ3) is 5.27. The first-order valence-electron chi connectivity index (χ1n) is 11.0. The van der Waals surface area contributed by atoms with Crippen molar-refractivity contribution in [2.45, 2.75) is 43.7 Å². The van der Waals surface area contributed by atoms with E-state index >= 15 is 0 Å². The zero-order valence-electron chi connectivity index (χ0n) is 18.1. The molecule has 2 aliphatic rings. The molecule has 0 bridgehead atoms. The number of halogens is 2. The van der Waals surface area contributed by atoms with Crippen molar-refractivity contribution in [3.8, 4) is 0 Å². The lowest BCUT2D eigenvalue weighted by Crippen LogP contribution is -2.42. The molecule has 0 spiro atoms. The number of carbonyl (C=O) groups is 2. The van der Waals surface area contributed by atoms with E-state index in [4.69, 9.17) is 11.6 Å². The van der Waals surface area contributed by atoms with Gasteiger partial charge in [0, 0.05) is 34.6 Å². The van der Waals surface area contributed by atoms with Gasteiger partial charge in [-0.15, -0.1) is 11.8 Å². The minimum absolute atomic E-state index is 0.0699. The Morgan fingerprint density at radius 1 is 1.25 bits per heavy atom. The number of carbonyl (C=O) groups excluding carboxylic acids is 2. The molecule has 2 aliphatic heterocycles. The number of anilines is 1. The van der Waals surface area contributed by atoms with Gasteiger partial charge in [0.25, 0.3) is 5.91 Å². The van der Waals surface area contributed by atoms with Crippen molar-refractivity contribution in [2.24, 2.45) is 0 Å². The van der Waals surface area contributed by atoms with Crippen molar-refractivity contribution < 1.29 is 14.0 Å². The molecule has 2 aromatic carbocycles. The molecular weight excluding hydrogens is 449 g/mol. The van der Waals surface area contributed by atoms with Crippen molar-refractivity contribution in [2.75, 3.05) is 30.3 Å². The van der Waals surface area contributed by atoms with Crippen LogP contribution in [0.1, 0.15) is 42.1 Å². The van der Waals surface area contributed by atoms with Gasteiger partial charge in [-0.3, -0.25) is 14.5 Å². The maximum Gasteiger partial charge on any atom is 0.251 e. The van der Waals surface area contributed by atoms with Gasteiger partial charge < -0.3 is 10.2 Å². The molecule has 0 saturated carbocycles. The van der Waals surface area contributed by atoms with Crippen LogP contribution >= 0.6 is 23.4 Å². The maximum atomic E-state index is 13.4. The second-order valence-corrected chi connectivity index (χ2v) is 9.75. The first kappa shape index (κ1) is 23.1. The summed E-state index contributed by atoms with van der Waals surface area (Å²) >= 11 is 7.64. The molecule has 2 amide bonds.